The second-order valence-electron chi connectivity index (χ2n) is 1.95. The van der Waals surface area contributed by atoms with Gasteiger partial charge in [0.15, 0.2) is 0 Å². The number of aromatic nitrogens is 1. The molecule has 0 spiro atoms. The summed E-state index contributed by atoms with van der Waals surface area (Å²) in [7, 11) is 0. The van der Waals surface area contributed by atoms with Crippen LogP contribution in [-0.4, -0.2) is 16.1 Å². The maximum absolute atomic E-state index is 10.5. The molecule has 1 rings (SSSR count). The summed E-state index contributed by atoms with van der Waals surface area (Å²) in [5, 5.41) is 8.61. The van der Waals surface area contributed by atoms with Gasteiger partial charge in [-0.05, 0) is 18.2 Å². The molecule has 0 aliphatic rings. The highest BCUT2D eigenvalue weighted by molar-refractivity contribution is 5.91. The third-order valence-electron chi connectivity index (χ3n) is 1.26. The number of carboxylic acid groups (broad SMARTS) is 1. The molecule has 0 aromatic carbocycles. The first kappa shape index (κ1) is 7.47. The molecule has 0 aliphatic carbocycles. The zero-order valence-corrected chi connectivity index (χ0v) is 5.82. The van der Waals surface area contributed by atoms with Crippen LogP contribution >= 0.6 is 0 Å². The summed E-state index contributed by atoms with van der Waals surface area (Å²) in [6, 6.07) is 3.07. The molecule has 0 unspecified atom stereocenters. The molecule has 3 heteroatoms. The third-order valence-corrected chi connectivity index (χ3v) is 1.26. The van der Waals surface area contributed by atoms with Crippen LogP contribution in [0.25, 0.3) is 6.08 Å². The van der Waals surface area contributed by atoms with Gasteiger partial charge in [0.25, 0.3) is 0 Å². The Labute approximate surface area is 64.0 Å². The van der Waals surface area contributed by atoms with E-state index in [1.54, 1.807) is 6.07 Å². The Morgan fingerprint density at radius 2 is 2.45 bits per heavy atom. The van der Waals surface area contributed by atoms with Gasteiger partial charge in [-0.25, -0.2) is 4.79 Å². The second-order valence-corrected chi connectivity index (χ2v) is 1.95. The SMILES string of the molecule is C=Cc1ncccc1C(=O)O. The number of pyridine rings is 1. The van der Waals surface area contributed by atoms with Crippen LogP contribution in [0.3, 0.4) is 0 Å². The fraction of sp³-hybridized carbons (Fsp3) is 0. The molecule has 0 saturated heterocycles. The Morgan fingerprint density at radius 1 is 1.73 bits per heavy atom. The van der Waals surface area contributed by atoms with Crippen molar-refractivity contribution in [2.45, 2.75) is 0 Å². The Morgan fingerprint density at radius 3 is 2.91 bits per heavy atom. The van der Waals surface area contributed by atoms with E-state index in [0.29, 0.717) is 5.69 Å². The molecule has 1 aromatic heterocycles. The van der Waals surface area contributed by atoms with Crippen LogP contribution in [0.5, 0.6) is 0 Å². The van der Waals surface area contributed by atoms with E-state index >= 15 is 0 Å². The minimum atomic E-state index is -0.979. The fourth-order valence-corrected chi connectivity index (χ4v) is 0.761. The van der Waals surface area contributed by atoms with Crippen molar-refractivity contribution in [3.63, 3.8) is 0 Å². The Kier molecular flexibility index (Phi) is 2.01. The highest BCUT2D eigenvalue weighted by atomic mass is 16.4. The lowest BCUT2D eigenvalue weighted by Crippen LogP contribution is -2.00. The molecular formula is C8H7NO2. The quantitative estimate of drug-likeness (QED) is 0.691. The van der Waals surface area contributed by atoms with Crippen LogP contribution in [0.1, 0.15) is 16.1 Å². The first-order valence-corrected chi connectivity index (χ1v) is 3.06. The average Bonchev–Trinajstić information content (AvgIpc) is 2.04. The summed E-state index contributed by atoms with van der Waals surface area (Å²) in [6.45, 7) is 3.45. The molecule has 0 bridgehead atoms. The van der Waals surface area contributed by atoms with Crippen LogP contribution < -0.4 is 0 Å². The molecule has 0 radical (unpaired) electrons. The standard InChI is InChI=1S/C8H7NO2/c1-2-7-6(8(10)11)4-3-5-9-7/h2-5H,1H2,(H,10,11). The second kappa shape index (κ2) is 2.96. The number of hydrogen-bond acceptors (Lipinski definition) is 2. The third kappa shape index (κ3) is 1.43. The van der Waals surface area contributed by atoms with Crippen LogP contribution in [0.15, 0.2) is 24.9 Å². The highest BCUT2D eigenvalue weighted by Crippen LogP contribution is 2.05. The maximum atomic E-state index is 10.5. The first-order valence-electron chi connectivity index (χ1n) is 3.06. The van der Waals surface area contributed by atoms with Gasteiger partial charge in [-0.3, -0.25) is 4.98 Å². The zero-order valence-electron chi connectivity index (χ0n) is 5.82. The largest absolute Gasteiger partial charge is 0.478 e. The van der Waals surface area contributed by atoms with E-state index in [1.165, 1.54) is 18.3 Å². The molecule has 56 valence electrons. The van der Waals surface area contributed by atoms with Gasteiger partial charge in [-0.2, -0.15) is 0 Å². The number of nitrogens with zero attached hydrogens (tertiary/aromatic N) is 1. The maximum Gasteiger partial charge on any atom is 0.337 e. The average molecular weight is 149 g/mol. The van der Waals surface area contributed by atoms with Gasteiger partial charge in [-0.1, -0.05) is 6.58 Å². The lowest BCUT2D eigenvalue weighted by atomic mass is 10.2. The highest BCUT2D eigenvalue weighted by Gasteiger charge is 2.05. The number of carbonyl (C=O) groups is 1. The summed E-state index contributed by atoms with van der Waals surface area (Å²) in [4.78, 5) is 14.3. The molecule has 11 heavy (non-hydrogen) atoms. The van der Waals surface area contributed by atoms with Crippen molar-refractivity contribution in [3.05, 3.63) is 36.2 Å². The van der Waals surface area contributed by atoms with Gasteiger partial charge in [0.2, 0.25) is 0 Å². The minimum Gasteiger partial charge on any atom is -0.478 e. The summed E-state index contributed by atoms with van der Waals surface area (Å²) in [5.41, 5.74) is 0.586. The Hall–Kier alpha value is -1.64. The van der Waals surface area contributed by atoms with Gasteiger partial charge in [0, 0.05) is 6.20 Å². The fourth-order valence-electron chi connectivity index (χ4n) is 0.761. The summed E-state index contributed by atoms with van der Waals surface area (Å²) in [5.74, 6) is -0.979. The van der Waals surface area contributed by atoms with Crippen LogP contribution in [-0.2, 0) is 0 Å². The molecule has 1 N–H and O–H groups in total. The monoisotopic (exact) mass is 149 g/mol. The van der Waals surface area contributed by atoms with E-state index in [4.69, 9.17) is 5.11 Å². The lowest BCUT2D eigenvalue weighted by molar-refractivity contribution is 0.0696. The summed E-state index contributed by atoms with van der Waals surface area (Å²) < 4.78 is 0. The van der Waals surface area contributed by atoms with Crippen LogP contribution in [0, 0.1) is 0 Å². The van der Waals surface area contributed by atoms with Gasteiger partial charge < -0.3 is 5.11 Å². The molecular weight excluding hydrogens is 142 g/mol. The van der Waals surface area contributed by atoms with E-state index in [9.17, 15) is 4.79 Å². The molecule has 0 atom stereocenters. The number of aromatic carboxylic acids is 1. The summed E-state index contributed by atoms with van der Waals surface area (Å²) >= 11 is 0. The lowest BCUT2D eigenvalue weighted by Gasteiger charge is -1.96. The smallest absolute Gasteiger partial charge is 0.337 e. The number of rotatable bonds is 2. The van der Waals surface area contributed by atoms with Gasteiger partial charge in [0.05, 0.1) is 11.3 Å². The molecule has 3 nitrogen and oxygen atoms in total. The number of carboxylic acids is 1. The van der Waals surface area contributed by atoms with Crippen molar-refractivity contribution in [1.82, 2.24) is 4.98 Å². The van der Waals surface area contributed by atoms with Crippen molar-refractivity contribution in [2.24, 2.45) is 0 Å². The van der Waals surface area contributed by atoms with Gasteiger partial charge in [0.1, 0.15) is 0 Å². The zero-order chi connectivity index (χ0) is 8.27. The topological polar surface area (TPSA) is 50.2 Å². The van der Waals surface area contributed by atoms with Crippen molar-refractivity contribution in [1.29, 1.82) is 0 Å². The predicted molar refractivity (Wildman–Crippen MR) is 41.3 cm³/mol. The molecule has 0 aliphatic heterocycles. The van der Waals surface area contributed by atoms with E-state index in [-0.39, 0.29) is 5.56 Å². The van der Waals surface area contributed by atoms with E-state index in [0.717, 1.165) is 0 Å². The summed E-state index contributed by atoms with van der Waals surface area (Å²) in [6.07, 6.45) is 2.95. The molecule has 1 aromatic rings. The van der Waals surface area contributed by atoms with Crippen molar-refractivity contribution < 1.29 is 9.90 Å². The molecule has 0 saturated carbocycles. The predicted octanol–water partition coefficient (Wildman–Crippen LogP) is 1.42. The van der Waals surface area contributed by atoms with Crippen LogP contribution in [0.4, 0.5) is 0 Å². The molecule has 0 fully saturated rings. The molecule has 1 heterocycles. The van der Waals surface area contributed by atoms with Crippen molar-refractivity contribution >= 4 is 12.0 Å². The first-order chi connectivity index (χ1) is 5.25. The Balaban J connectivity index is 3.22. The van der Waals surface area contributed by atoms with Crippen molar-refractivity contribution in [3.8, 4) is 0 Å². The van der Waals surface area contributed by atoms with E-state index in [1.807, 2.05) is 0 Å². The minimum absolute atomic E-state index is 0.183. The van der Waals surface area contributed by atoms with E-state index in [2.05, 4.69) is 11.6 Å². The molecule has 0 amide bonds. The van der Waals surface area contributed by atoms with E-state index < -0.39 is 5.97 Å². The normalized spacial score (nSPS) is 9.09. The Bertz CT molecular complexity index is 294. The van der Waals surface area contributed by atoms with Crippen molar-refractivity contribution in [2.75, 3.05) is 0 Å². The number of hydrogen-bond donors (Lipinski definition) is 1. The van der Waals surface area contributed by atoms with Crippen LogP contribution in [0.2, 0.25) is 0 Å². The van der Waals surface area contributed by atoms with Gasteiger partial charge >= 0.3 is 5.97 Å². The van der Waals surface area contributed by atoms with Gasteiger partial charge in [-0.15, -0.1) is 0 Å².